The van der Waals surface area contributed by atoms with Gasteiger partial charge in [0, 0.05) is 4.47 Å². The van der Waals surface area contributed by atoms with Gasteiger partial charge in [0.2, 0.25) is 5.91 Å². The Kier molecular flexibility index (Phi) is 5.90. The molecule has 3 nitrogen and oxygen atoms in total. The Morgan fingerprint density at radius 1 is 1.05 bits per heavy atom. The Bertz CT molecular complexity index is 660. The number of rotatable bonds is 5. The second kappa shape index (κ2) is 7.90. The fraction of sp³-hybridized carbons (Fsp3) is 0.222. The summed E-state index contributed by atoms with van der Waals surface area (Å²) in [6.07, 6.45) is 1.33. The first-order chi connectivity index (χ1) is 10.6. The highest BCUT2D eigenvalue weighted by molar-refractivity contribution is 9.10. The monoisotopic (exact) mass is 358 g/mol. The number of nitrogens with one attached hydrogen (secondary N) is 1. The number of hydrogen-bond donors (Lipinski definition) is 1. The van der Waals surface area contributed by atoms with Crippen molar-refractivity contribution in [2.24, 2.45) is 5.10 Å². The van der Waals surface area contributed by atoms with Crippen LogP contribution < -0.4 is 5.43 Å². The SMILES string of the molecule is CCc1ccc(C(C)=NNC(=O)Cc2ccc(Br)cc2)cc1. The van der Waals surface area contributed by atoms with Gasteiger partial charge in [0.05, 0.1) is 12.1 Å². The van der Waals surface area contributed by atoms with Crippen molar-refractivity contribution < 1.29 is 4.79 Å². The van der Waals surface area contributed by atoms with Gasteiger partial charge in [-0.05, 0) is 42.2 Å². The maximum Gasteiger partial charge on any atom is 0.244 e. The van der Waals surface area contributed by atoms with Gasteiger partial charge in [0.15, 0.2) is 0 Å². The number of carbonyl (C=O) groups excluding carboxylic acids is 1. The minimum atomic E-state index is -0.119. The highest BCUT2D eigenvalue weighted by Crippen LogP contribution is 2.11. The van der Waals surface area contributed by atoms with E-state index < -0.39 is 0 Å². The number of aryl methyl sites for hydroxylation is 1. The van der Waals surface area contributed by atoms with Crippen LogP contribution in [0.25, 0.3) is 0 Å². The summed E-state index contributed by atoms with van der Waals surface area (Å²) < 4.78 is 1.00. The van der Waals surface area contributed by atoms with Crippen molar-refractivity contribution in [2.75, 3.05) is 0 Å². The smallest absolute Gasteiger partial charge is 0.244 e. The lowest BCUT2D eigenvalue weighted by Gasteiger charge is -2.04. The second-order valence-corrected chi connectivity index (χ2v) is 6.00. The second-order valence-electron chi connectivity index (χ2n) is 5.09. The van der Waals surface area contributed by atoms with Crippen LogP contribution in [0.4, 0.5) is 0 Å². The molecule has 2 aromatic carbocycles. The summed E-state index contributed by atoms with van der Waals surface area (Å²) in [5.41, 5.74) is 6.67. The molecule has 0 heterocycles. The molecule has 0 bridgehead atoms. The van der Waals surface area contributed by atoms with Gasteiger partial charge < -0.3 is 0 Å². The molecule has 114 valence electrons. The minimum Gasteiger partial charge on any atom is -0.273 e. The van der Waals surface area contributed by atoms with Crippen LogP contribution in [-0.2, 0) is 17.6 Å². The number of carbonyl (C=O) groups is 1. The van der Waals surface area contributed by atoms with Gasteiger partial charge in [0.25, 0.3) is 0 Å². The molecule has 1 amide bonds. The molecule has 22 heavy (non-hydrogen) atoms. The molecule has 0 saturated carbocycles. The predicted molar refractivity (Wildman–Crippen MR) is 94.0 cm³/mol. The lowest BCUT2D eigenvalue weighted by Crippen LogP contribution is -2.21. The third kappa shape index (κ3) is 4.81. The molecular weight excluding hydrogens is 340 g/mol. The van der Waals surface area contributed by atoms with Crippen molar-refractivity contribution in [3.05, 3.63) is 69.7 Å². The zero-order chi connectivity index (χ0) is 15.9. The van der Waals surface area contributed by atoms with Crippen LogP contribution in [0.1, 0.15) is 30.5 Å². The van der Waals surface area contributed by atoms with E-state index in [1.54, 1.807) is 0 Å². The molecule has 0 fully saturated rings. The van der Waals surface area contributed by atoms with Gasteiger partial charge in [-0.15, -0.1) is 0 Å². The number of nitrogens with zero attached hydrogens (tertiary/aromatic N) is 1. The first kappa shape index (κ1) is 16.4. The largest absolute Gasteiger partial charge is 0.273 e. The molecular formula is C18H19BrN2O. The van der Waals surface area contributed by atoms with Crippen LogP contribution in [-0.4, -0.2) is 11.6 Å². The molecule has 0 radical (unpaired) electrons. The molecule has 0 unspecified atom stereocenters. The number of halogens is 1. The van der Waals surface area contributed by atoms with Crippen LogP contribution >= 0.6 is 15.9 Å². The van der Waals surface area contributed by atoms with E-state index in [0.717, 1.165) is 27.7 Å². The van der Waals surface area contributed by atoms with E-state index in [1.165, 1.54) is 5.56 Å². The topological polar surface area (TPSA) is 41.5 Å². The molecule has 0 aromatic heterocycles. The van der Waals surface area contributed by atoms with E-state index in [1.807, 2.05) is 43.3 Å². The summed E-state index contributed by atoms with van der Waals surface area (Å²) in [7, 11) is 0. The van der Waals surface area contributed by atoms with Crippen molar-refractivity contribution in [3.8, 4) is 0 Å². The van der Waals surface area contributed by atoms with E-state index in [4.69, 9.17) is 0 Å². The predicted octanol–water partition coefficient (Wildman–Crippen LogP) is 4.09. The van der Waals surface area contributed by atoms with Gasteiger partial charge in [-0.2, -0.15) is 5.10 Å². The standard InChI is InChI=1S/C18H19BrN2O/c1-3-14-4-8-16(9-5-14)13(2)20-21-18(22)12-15-6-10-17(19)11-7-15/h4-11H,3,12H2,1-2H3,(H,21,22). The average molecular weight is 359 g/mol. The van der Waals surface area contributed by atoms with E-state index in [-0.39, 0.29) is 5.91 Å². The van der Waals surface area contributed by atoms with Gasteiger partial charge in [0.1, 0.15) is 0 Å². The molecule has 4 heteroatoms. The summed E-state index contributed by atoms with van der Waals surface area (Å²) >= 11 is 3.38. The number of hydrazone groups is 1. The molecule has 0 spiro atoms. The first-order valence-corrected chi connectivity index (χ1v) is 8.04. The Labute approximate surface area is 139 Å². The molecule has 0 saturated heterocycles. The fourth-order valence-corrected chi connectivity index (χ4v) is 2.28. The summed E-state index contributed by atoms with van der Waals surface area (Å²) in [5.74, 6) is -0.119. The van der Waals surface area contributed by atoms with E-state index in [0.29, 0.717) is 6.42 Å². The summed E-state index contributed by atoms with van der Waals surface area (Å²) in [5, 5.41) is 4.17. The minimum absolute atomic E-state index is 0.119. The third-order valence-corrected chi connectivity index (χ3v) is 3.93. The van der Waals surface area contributed by atoms with Crippen molar-refractivity contribution in [1.29, 1.82) is 0 Å². The maximum absolute atomic E-state index is 11.9. The molecule has 2 aromatic rings. The zero-order valence-electron chi connectivity index (χ0n) is 12.8. The van der Waals surface area contributed by atoms with Gasteiger partial charge >= 0.3 is 0 Å². The quantitative estimate of drug-likeness (QED) is 0.634. The van der Waals surface area contributed by atoms with Crippen LogP contribution in [0, 0.1) is 0 Å². The number of amides is 1. The molecule has 0 aliphatic carbocycles. The zero-order valence-corrected chi connectivity index (χ0v) is 14.4. The van der Waals surface area contributed by atoms with Crippen LogP contribution in [0.3, 0.4) is 0 Å². The Balaban J connectivity index is 1.94. The average Bonchev–Trinajstić information content (AvgIpc) is 2.55. The van der Waals surface area contributed by atoms with Crippen LogP contribution in [0.5, 0.6) is 0 Å². The normalized spacial score (nSPS) is 11.3. The maximum atomic E-state index is 11.9. The van der Waals surface area contributed by atoms with Gasteiger partial charge in [-0.3, -0.25) is 4.79 Å². The summed E-state index contributed by atoms with van der Waals surface area (Å²) in [6.45, 7) is 4.01. The van der Waals surface area contributed by atoms with Crippen molar-refractivity contribution in [2.45, 2.75) is 26.7 Å². The lowest BCUT2D eigenvalue weighted by atomic mass is 10.1. The molecule has 2 rings (SSSR count). The van der Waals surface area contributed by atoms with Crippen molar-refractivity contribution in [1.82, 2.24) is 5.43 Å². The lowest BCUT2D eigenvalue weighted by molar-refractivity contribution is -0.120. The third-order valence-electron chi connectivity index (χ3n) is 3.41. The van der Waals surface area contributed by atoms with Crippen LogP contribution in [0.15, 0.2) is 58.1 Å². The molecule has 0 aliphatic heterocycles. The van der Waals surface area contributed by atoms with Crippen molar-refractivity contribution in [3.63, 3.8) is 0 Å². The first-order valence-electron chi connectivity index (χ1n) is 7.25. The van der Waals surface area contributed by atoms with Gasteiger partial charge in [-0.25, -0.2) is 5.43 Å². The van der Waals surface area contributed by atoms with Crippen molar-refractivity contribution >= 4 is 27.5 Å². The molecule has 1 N–H and O–H groups in total. The Hall–Kier alpha value is -1.94. The highest BCUT2D eigenvalue weighted by atomic mass is 79.9. The number of hydrogen-bond acceptors (Lipinski definition) is 2. The summed E-state index contributed by atoms with van der Waals surface area (Å²) in [6, 6.07) is 15.9. The van der Waals surface area contributed by atoms with E-state index in [2.05, 4.69) is 45.5 Å². The van der Waals surface area contributed by atoms with Crippen LogP contribution in [0.2, 0.25) is 0 Å². The number of benzene rings is 2. The Morgan fingerprint density at radius 3 is 2.23 bits per heavy atom. The molecule has 0 atom stereocenters. The van der Waals surface area contributed by atoms with Gasteiger partial charge in [-0.1, -0.05) is 59.3 Å². The van der Waals surface area contributed by atoms with E-state index in [9.17, 15) is 4.79 Å². The Morgan fingerprint density at radius 2 is 1.64 bits per heavy atom. The fourth-order valence-electron chi connectivity index (χ4n) is 2.02. The van der Waals surface area contributed by atoms with E-state index >= 15 is 0 Å². The highest BCUT2D eigenvalue weighted by Gasteiger charge is 2.03. The molecule has 0 aliphatic rings. The summed E-state index contributed by atoms with van der Waals surface area (Å²) in [4.78, 5) is 11.9.